The van der Waals surface area contributed by atoms with E-state index in [0.717, 1.165) is 39.0 Å². The molecule has 11 rings (SSSR count). The normalized spacial score (nSPS) is 11.8. The summed E-state index contributed by atoms with van der Waals surface area (Å²) in [5.74, 6) is 0. The fourth-order valence-electron chi connectivity index (χ4n) is 7.77. The largest absolute Gasteiger partial charge is 0.454 e. The summed E-state index contributed by atoms with van der Waals surface area (Å²) in [4.78, 5) is 2.34. The van der Waals surface area contributed by atoms with E-state index in [0.29, 0.717) is 0 Å². The van der Waals surface area contributed by atoms with E-state index in [1.807, 2.05) is 28.7 Å². The third-order valence-electron chi connectivity index (χ3n) is 10.3. The first kappa shape index (κ1) is 29.5. The molecule has 0 aliphatic carbocycles. The minimum atomic E-state index is 0.875. The molecule has 0 fully saturated rings. The number of furan rings is 1. The predicted octanol–water partition coefficient (Wildman–Crippen LogP) is 15.1. The summed E-state index contributed by atoms with van der Waals surface area (Å²) in [5, 5.41) is 7.50. The van der Waals surface area contributed by atoms with Gasteiger partial charge in [-0.3, -0.25) is 0 Å². The van der Waals surface area contributed by atoms with Crippen LogP contribution in [0.2, 0.25) is 0 Å². The fourth-order valence-corrected chi connectivity index (χ4v) is 10.1. The molecule has 8 aromatic carbocycles. The van der Waals surface area contributed by atoms with Gasteiger partial charge in [-0.1, -0.05) is 115 Å². The highest BCUT2D eigenvalue weighted by molar-refractivity contribution is 7.26. The molecule has 2 nitrogen and oxygen atoms in total. The number of hydrogen-bond acceptors (Lipinski definition) is 4. The van der Waals surface area contributed by atoms with Gasteiger partial charge in [0.2, 0.25) is 0 Å². The molecule has 0 amide bonds. The number of anilines is 3. The Hall–Kier alpha value is -6.20. The molecule has 3 aromatic heterocycles. The van der Waals surface area contributed by atoms with Gasteiger partial charge in [0, 0.05) is 62.5 Å². The first-order chi connectivity index (χ1) is 25.7. The van der Waals surface area contributed by atoms with Crippen molar-refractivity contribution in [2.24, 2.45) is 0 Å². The van der Waals surface area contributed by atoms with Gasteiger partial charge in [0.05, 0.1) is 5.69 Å². The Morgan fingerprint density at radius 3 is 1.60 bits per heavy atom. The number of para-hydroxylation sites is 2. The van der Waals surface area contributed by atoms with E-state index >= 15 is 0 Å². The molecular weight excluding hydrogens is 671 g/mol. The highest BCUT2D eigenvalue weighted by Gasteiger charge is 2.20. The molecule has 0 bridgehead atoms. The molecule has 3 heterocycles. The van der Waals surface area contributed by atoms with Gasteiger partial charge >= 0.3 is 0 Å². The molecule has 0 atom stereocenters. The molecular formula is C48H29NOS2. The minimum absolute atomic E-state index is 0.875. The number of nitrogens with zero attached hydrogens (tertiary/aromatic N) is 1. The molecule has 0 spiro atoms. The van der Waals surface area contributed by atoms with Crippen molar-refractivity contribution in [3.8, 4) is 22.3 Å². The molecule has 0 radical (unpaired) electrons. The van der Waals surface area contributed by atoms with E-state index in [4.69, 9.17) is 4.42 Å². The number of thiophene rings is 2. The molecule has 0 N–H and O–H groups in total. The van der Waals surface area contributed by atoms with Crippen molar-refractivity contribution in [1.29, 1.82) is 0 Å². The topological polar surface area (TPSA) is 16.4 Å². The van der Waals surface area contributed by atoms with Crippen molar-refractivity contribution in [2.45, 2.75) is 0 Å². The van der Waals surface area contributed by atoms with E-state index in [2.05, 4.69) is 175 Å². The standard InChI is InChI=1S/C48H29NOS2/c1-4-16-43-36(11-1)41-14-8-15-42(48(41)50-43)49(34-23-19-30(20-24-34)32-21-25-39-37-12-2-5-17-44(37)51-46(39)28-32)35-10-7-9-31(27-35)33-22-26-40-38-13-3-6-18-45(38)52-47(40)29-33/h1-29H. The van der Waals surface area contributed by atoms with Gasteiger partial charge in [-0.2, -0.15) is 0 Å². The number of hydrogen-bond donors (Lipinski definition) is 0. The van der Waals surface area contributed by atoms with Crippen LogP contribution in [0.25, 0.3) is 84.5 Å². The zero-order chi connectivity index (χ0) is 34.2. The average molecular weight is 700 g/mol. The van der Waals surface area contributed by atoms with Crippen LogP contribution < -0.4 is 4.90 Å². The Balaban J connectivity index is 1.05. The molecule has 0 aliphatic heterocycles. The number of rotatable bonds is 5. The predicted molar refractivity (Wildman–Crippen MR) is 225 cm³/mol. The lowest BCUT2D eigenvalue weighted by molar-refractivity contribution is 0.669. The Morgan fingerprint density at radius 2 is 0.885 bits per heavy atom. The Morgan fingerprint density at radius 1 is 0.346 bits per heavy atom. The smallest absolute Gasteiger partial charge is 0.159 e. The lowest BCUT2D eigenvalue weighted by Gasteiger charge is -2.26. The molecule has 0 unspecified atom stereocenters. The first-order valence-electron chi connectivity index (χ1n) is 17.5. The highest BCUT2D eigenvalue weighted by Crippen LogP contribution is 2.44. The van der Waals surface area contributed by atoms with Crippen molar-refractivity contribution in [3.05, 3.63) is 176 Å². The van der Waals surface area contributed by atoms with Crippen molar-refractivity contribution in [2.75, 3.05) is 4.90 Å². The van der Waals surface area contributed by atoms with Crippen molar-refractivity contribution < 1.29 is 4.42 Å². The van der Waals surface area contributed by atoms with Crippen LogP contribution in [-0.2, 0) is 0 Å². The van der Waals surface area contributed by atoms with Gasteiger partial charge in [0.25, 0.3) is 0 Å². The zero-order valence-electron chi connectivity index (χ0n) is 27.9. The van der Waals surface area contributed by atoms with Gasteiger partial charge in [-0.25, -0.2) is 0 Å². The number of fused-ring (bicyclic) bond motifs is 9. The molecule has 244 valence electrons. The molecule has 0 aliphatic rings. The lowest BCUT2D eigenvalue weighted by atomic mass is 10.0. The van der Waals surface area contributed by atoms with Crippen LogP contribution in [0.4, 0.5) is 17.1 Å². The molecule has 52 heavy (non-hydrogen) atoms. The maximum atomic E-state index is 6.62. The van der Waals surface area contributed by atoms with Crippen LogP contribution >= 0.6 is 22.7 Å². The van der Waals surface area contributed by atoms with Crippen LogP contribution in [0.15, 0.2) is 180 Å². The summed E-state index contributed by atoms with van der Waals surface area (Å²) < 4.78 is 11.9. The summed E-state index contributed by atoms with van der Waals surface area (Å²) in [6.45, 7) is 0. The van der Waals surface area contributed by atoms with Crippen molar-refractivity contribution in [1.82, 2.24) is 0 Å². The Bertz CT molecular complexity index is 3150. The third-order valence-corrected chi connectivity index (χ3v) is 12.5. The summed E-state index contributed by atoms with van der Waals surface area (Å²) in [7, 11) is 0. The fraction of sp³-hybridized carbons (Fsp3) is 0. The summed E-state index contributed by atoms with van der Waals surface area (Å²) in [6.07, 6.45) is 0. The van der Waals surface area contributed by atoms with Crippen LogP contribution in [-0.4, -0.2) is 0 Å². The molecule has 4 heteroatoms. The first-order valence-corrected chi connectivity index (χ1v) is 19.1. The second-order valence-corrected chi connectivity index (χ2v) is 15.5. The molecule has 0 saturated heterocycles. The minimum Gasteiger partial charge on any atom is -0.454 e. The quantitative estimate of drug-likeness (QED) is 0.178. The van der Waals surface area contributed by atoms with Crippen molar-refractivity contribution in [3.63, 3.8) is 0 Å². The molecule has 0 saturated carbocycles. The summed E-state index contributed by atoms with van der Waals surface area (Å²) in [6, 6.07) is 63.7. The summed E-state index contributed by atoms with van der Waals surface area (Å²) >= 11 is 3.72. The number of benzene rings is 8. The van der Waals surface area contributed by atoms with Gasteiger partial charge in [0.15, 0.2) is 5.58 Å². The average Bonchev–Trinajstić information content (AvgIpc) is 3.89. The molecule has 11 aromatic rings. The van der Waals surface area contributed by atoms with Crippen LogP contribution in [0.5, 0.6) is 0 Å². The summed E-state index contributed by atoms with van der Waals surface area (Å²) in [5.41, 5.74) is 9.69. The second-order valence-electron chi connectivity index (χ2n) is 13.3. The van der Waals surface area contributed by atoms with Gasteiger partial charge < -0.3 is 9.32 Å². The zero-order valence-corrected chi connectivity index (χ0v) is 29.5. The van der Waals surface area contributed by atoms with Gasteiger partial charge in [-0.15, -0.1) is 22.7 Å². The monoisotopic (exact) mass is 699 g/mol. The van der Waals surface area contributed by atoms with Crippen molar-refractivity contribution >= 4 is 102 Å². The van der Waals surface area contributed by atoms with E-state index in [-0.39, 0.29) is 0 Å². The Kier molecular flexibility index (Phi) is 6.63. The highest BCUT2D eigenvalue weighted by atomic mass is 32.1. The van der Waals surface area contributed by atoms with Crippen LogP contribution in [0.1, 0.15) is 0 Å². The van der Waals surface area contributed by atoms with E-state index in [1.54, 1.807) is 0 Å². The van der Waals surface area contributed by atoms with Crippen LogP contribution in [0.3, 0.4) is 0 Å². The van der Waals surface area contributed by atoms with Crippen LogP contribution in [0, 0.1) is 0 Å². The third kappa shape index (κ3) is 4.69. The van der Waals surface area contributed by atoms with Gasteiger partial charge in [-0.05, 0) is 82.9 Å². The second kappa shape index (κ2) is 11.7. The maximum absolute atomic E-state index is 6.62. The van der Waals surface area contributed by atoms with E-state index in [1.165, 1.54) is 62.6 Å². The SMILES string of the molecule is c1cc(-c2ccc3c(c2)sc2ccccc23)cc(N(c2ccc(-c3ccc4c(c3)sc3ccccc34)cc2)c2cccc3c2oc2ccccc23)c1. The van der Waals surface area contributed by atoms with E-state index in [9.17, 15) is 0 Å². The Labute approximate surface area is 308 Å². The van der Waals surface area contributed by atoms with E-state index < -0.39 is 0 Å². The lowest BCUT2D eigenvalue weighted by Crippen LogP contribution is -2.10. The maximum Gasteiger partial charge on any atom is 0.159 e. The van der Waals surface area contributed by atoms with Gasteiger partial charge in [0.1, 0.15) is 5.58 Å².